The third kappa shape index (κ3) is 5.34. The van der Waals surface area contributed by atoms with Crippen LogP contribution in [0.3, 0.4) is 0 Å². The molecule has 0 atom stereocenters. The molecule has 0 heterocycles. The second-order valence-electron chi connectivity index (χ2n) is 5.46. The second kappa shape index (κ2) is 6.45. The van der Waals surface area contributed by atoms with E-state index in [4.69, 9.17) is 0 Å². The fraction of sp³-hybridized carbons (Fsp3) is 0.429. The van der Waals surface area contributed by atoms with Crippen LogP contribution in [0.1, 0.15) is 27.2 Å². The Balaban J connectivity index is 2.43. The van der Waals surface area contributed by atoms with Crippen LogP contribution in [0.5, 0.6) is 0 Å². The van der Waals surface area contributed by atoms with Gasteiger partial charge in [0.2, 0.25) is 11.8 Å². The van der Waals surface area contributed by atoms with E-state index >= 15 is 0 Å². The van der Waals surface area contributed by atoms with Crippen molar-refractivity contribution in [2.75, 3.05) is 11.9 Å². The summed E-state index contributed by atoms with van der Waals surface area (Å²) in [5.41, 5.74) is -0.475. The number of rotatable bonds is 4. The van der Waals surface area contributed by atoms with Crippen LogP contribution >= 0.6 is 0 Å². The number of carbonyl (C=O) groups is 2. The Morgan fingerprint density at radius 2 is 1.65 bits per heavy atom. The summed E-state index contributed by atoms with van der Waals surface area (Å²) in [6.45, 7) is 5.45. The first-order valence-corrected chi connectivity index (χ1v) is 6.23. The minimum atomic E-state index is -0.763. The highest BCUT2D eigenvalue weighted by Gasteiger charge is 2.20. The number of hydrogen-bond donors (Lipinski definition) is 2. The van der Waals surface area contributed by atoms with Crippen LogP contribution in [-0.2, 0) is 9.59 Å². The van der Waals surface area contributed by atoms with Gasteiger partial charge in [-0.15, -0.1) is 0 Å². The van der Waals surface area contributed by atoms with Gasteiger partial charge in [-0.1, -0.05) is 20.8 Å². The summed E-state index contributed by atoms with van der Waals surface area (Å²) in [5, 5.41) is 4.98. The molecule has 0 fully saturated rings. The number of hydrogen-bond acceptors (Lipinski definition) is 2. The molecule has 4 nitrogen and oxygen atoms in total. The van der Waals surface area contributed by atoms with Gasteiger partial charge in [0.05, 0.1) is 0 Å². The van der Waals surface area contributed by atoms with E-state index in [0.29, 0.717) is 0 Å². The van der Waals surface area contributed by atoms with Gasteiger partial charge >= 0.3 is 0 Å². The Hall–Kier alpha value is -1.98. The van der Waals surface area contributed by atoms with Crippen LogP contribution in [0.15, 0.2) is 18.2 Å². The standard InChI is InChI=1S/C14H18F2N2O2/c1-14(2,3)13(20)17-5-4-12(19)18-11-7-9(15)6-10(16)8-11/h6-8H,4-5H2,1-3H3,(H,17,20)(H,18,19). The summed E-state index contributed by atoms with van der Waals surface area (Å²) in [7, 11) is 0. The molecule has 0 bridgehead atoms. The summed E-state index contributed by atoms with van der Waals surface area (Å²) in [5.74, 6) is -2.12. The zero-order valence-corrected chi connectivity index (χ0v) is 11.7. The Morgan fingerprint density at radius 3 is 2.15 bits per heavy atom. The number of anilines is 1. The topological polar surface area (TPSA) is 58.2 Å². The van der Waals surface area contributed by atoms with Gasteiger partial charge in [-0.05, 0) is 12.1 Å². The lowest BCUT2D eigenvalue weighted by Gasteiger charge is -2.17. The molecule has 2 amide bonds. The van der Waals surface area contributed by atoms with Crippen molar-refractivity contribution in [3.05, 3.63) is 29.8 Å². The van der Waals surface area contributed by atoms with Crippen molar-refractivity contribution in [1.29, 1.82) is 0 Å². The molecule has 0 aliphatic rings. The predicted octanol–water partition coefficient (Wildman–Crippen LogP) is 2.46. The van der Waals surface area contributed by atoms with E-state index in [2.05, 4.69) is 10.6 Å². The maximum Gasteiger partial charge on any atom is 0.226 e. The smallest absolute Gasteiger partial charge is 0.226 e. The molecule has 0 radical (unpaired) electrons. The number of carbonyl (C=O) groups excluding carboxylic acids is 2. The fourth-order valence-electron chi connectivity index (χ4n) is 1.40. The van der Waals surface area contributed by atoms with Crippen molar-refractivity contribution in [2.45, 2.75) is 27.2 Å². The zero-order valence-electron chi connectivity index (χ0n) is 11.7. The number of benzene rings is 1. The van der Waals surface area contributed by atoms with E-state index < -0.39 is 23.0 Å². The molecule has 1 rings (SSSR count). The summed E-state index contributed by atoms with van der Waals surface area (Å²) < 4.78 is 25.8. The molecule has 2 N–H and O–H groups in total. The Labute approximate surface area is 116 Å². The van der Waals surface area contributed by atoms with Gasteiger partial charge in [-0.25, -0.2) is 8.78 Å². The average Bonchev–Trinajstić information content (AvgIpc) is 2.25. The monoisotopic (exact) mass is 284 g/mol. The second-order valence-corrected chi connectivity index (χ2v) is 5.46. The molecule has 0 aliphatic heterocycles. The zero-order chi connectivity index (χ0) is 15.3. The van der Waals surface area contributed by atoms with Gasteiger partial charge in [0.15, 0.2) is 0 Å². The fourth-order valence-corrected chi connectivity index (χ4v) is 1.40. The summed E-state index contributed by atoms with van der Waals surface area (Å²) in [6, 6.07) is 2.77. The Morgan fingerprint density at radius 1 is 1.10 bits per heavy atom. The molecule has 20 heavy (non-hydrogen) atoms. The normalized spacial score (nSPS) is 11.1. The minimum Gasteiger partial charge on any atom is -0.355 e. The van der Waals surface area contributed by atoms with E-state index in [0.717, 1.165) is 18.2 Å². The third-order valence-electron chi connectivity index (χ3n) is 2.47. The summed E-state index contributed by atoms with van der Waals surface area (Å²) in [6.07, 6.45) is 0.0277. The molecular weight excluding hydrogens is 266 g/mol. The number of halogens is 2. The van der Waals surface area contributed by atoms with Gasteiger partial charge in [-0.3, -0.25) is 9.59 Å². The van der Waals surface area contributed by atoms with Crippen LogP contribution < -0.4 is 10.6 Å². The van der Waals surface area contributed by atoms with Gasteiger partial charge in [0.25, 0.3) is 0 Å². The maximum atomic E-state index is 12.9. The molecule has 0 saturated carbocycles. The van der Waals surface area contributed by atoms with Crippen LogP contribution in [0, 0.1) is 17.0 Å². The first-order valence-electron chi connectivity index (χ1n) is 6.23. The van der Waals surface area contributed by atoms with Crippen molar-refractivity contribution < 1.29 is 18.4 Å². The van der Waals surface area contributed by atoms with Gasteiger partial charge in [0.1, 0.15) is 11.6 Å². The summed E-state index contributed by atoms with van der Waals surface area (Å²) in [4.78, 5) is 23.1. The maximum absolute atomic E-state index is 12.9. The lowest BCUT2D eigenvalue weighted by atomic mass is 9.96. The van der Waals surface area contributed by atoms with Crippen LogP contribution in [0.2, 0.25) is 0 Å². The molecule has 0 aromatic heterocycles. The number of amides is 2. The largest absolute Gasteiger partial charge is 0.355 e. The number of nitrogens with one attached hydrogen (secondary N) is 2. The molecule has 110 valence electrons. The van der Waals surface area contributed by atoms with Crippen molar-refractivity contribution >= 4 is 17.5 Å². The quantitative estimate of drug-likeness (QED) is 0.892. The lowest BCUT2D eigenvalue weighted by Crippen LogP contribution is -2.36. The third-order valence-corrected chi connectivity index (χ3v) is 2.47. The Kier molecular flexibility index (Phi) is 5.19. The van der Waals surface area contributed by atoms with Gasteiger partial charge in [0, 0.05) is 30.1 Å². The van der Waals surface area contributed by atoms with E-state index in [-0.39, 0.29) is 24.6 Å². The molecule has 1 aromatic rings. The van der Waals surface area contributed by atoms with E-state index in [1.54, 1.807) is 20.8 Å². The molecule has 0 unspecified atom stereocenters. The SMILES string of the molecule is CC(C)(C)C(=O)NCCC(=O)Nc1cc(F)cc(F)c1. The van der Waals surface area contributed by atoms with E-state index in [1.165, 1.54) is 0 Å². The van der Waals surface area contributed by atoms with Crippen molar-refractivity contribution in [2.24, 2.45) is 5.41 Å². The molecule has 0 aliphatic carbocycles. The molecule has 6 heteroatoms. The van der Waals surface area contributed by atoms with Crippen molar-refractivity contribution in [1.82, 2.24) is 5.32 Å². The average molecular weight is 284 g/mol. The Bertz CT molecular complexity index is 490. The van der Waals surface area contributed by atoms with Crippen LogP contribution in [0.25, 0.3) is 0 Å². The van der Waals surface area contributed by atoms with Crippen molar-refractivity contribution in [3.8, 4) is 0 Å². The molecule has 1 aromatic carbocycles. The van der Waals surface area contributed by atoms with Gasteiger partial charge in [-0.2, -0.15) is 0 Å². The first-order chi connectivity index (χ1) is 9.18. The summed E-state index contributed by atoms with van der Waals surface area (Å²) >= 11 is 0. The van der Waals surface area contributed by atoms with E-state index in [1.807, 2.05) is 0 Å². The van der Waals surface area contributed by atoms with E-state index in [9.17, 15) is 18.4 Å². The highest BCUT2D eigenvalue weighted by molar-refractivity contribution is 5.91. The molecule has 0 spiro atoms. The highest BCUT2D eigenvalue weighted by atomic mass is 19.1. The molecular formula is C14H18F2N2O2. The first kappa shape index (κ1) is 16.1. The highest BCUT2D eigenvalue weighted by Crippen LogP contribution is 2.13. The van der Waals surface area contributed by atoms with Crippen LogP contribution in [-0.4, -0.2) is 18.4 Å². The van der Waals surface area contributed by atoms with Gasteiger partial charge < -0.3 is 10.6 Å². The van der Waals surface area contributed by atoms with Crippen molar-refractivity contribution in [3.63, 3.8) is 0 Å². The molecule has 0 saturated heterocycles. The lowest BCUT2D eigenvalue weighted by molar-refractivity contribution is -0.128. The van der Waals surface area contributed by atoms with Crippen LogP contribution in [0.4, 0.5) is 14.5 Å². The predicted molar refractivity (Wildman–Crippen MR) is 72.1 cm³/mol. The minimum absolute atomic E-state index is 0.0277.